The molecule has 5 nitrogen and oxygen atoms in total. The fourth-order valence-electron chi connectivity index (χ4n) is 4.73. The Balaban J connectivity index is 1.39. The zero-order chi connectivity index (χ0) is 21.1. The molecular formula is C24H31FN2O3. The molecule has 0 radical (unpaired) electrons. The van der Waals surface area contributed by atoms with E-state index in [1.165, 1.54) is 19.3 Å². The highest BCUT2D eigenvalue weighted by atomic mass is 19.1. The summed E-state index contributed by atoms with van der Waals surface area (Å²) in [7, 11) is 1.59. The van der Waals surface area contributed by atoms with Crippen molar-refractivity contribution in [2.75, 3.05) is 26.7 Å². The van der Waals surface area contributed by atoms with E-state index in [1.807, 2.05) is 18.2 Å². The quantitative estimate of drug-likeness (QED) is 0.635. The van der Waals surface area contributed by atoms with Gasteiger partial charge in [-0.25, -0.2) is 4.39 Å². The molecule has 30 heavy (non-hydrogen) atoms. The SMILES string of the molecule is COc1ccc2nccc([C@@H](F)CC[C@@H]3CCN(CCC4CC4)C[C@@H]3C(=O)O)c2c1. The Morgan fingerprint density at radius 2 is 2.13 bits per heavy atom. The monoisotopic (exact) mass is 414 g/mol. The van der Waals surface area contributed by atoms with Crippen molar-refractivity contribution in [1.29, 1.82) is 0 Å². The number of hydrogen-bond donors (Lipinski definition) is 1. The molecule has 1 aliphatic carbocycles. The highest BCUT2D eigenvalue weighted by Gasteiger charge is 2.35. The van der Waals surface area contributed by atoms with Gasteiger partial charge in [-0.05, 0) is 80.4 Å². The number of fused-ring (bicyclic) bond motifs is 1. The molecule has 1 saturated heterocycles. The summed E-state index contributed by atoms with van der Waals surface area (Å²) in [5.74, 6) is 0.409. The second kappa shape index (κ2) is 9.29. The largest absolute Gasteiger partial charge is 0.497 e. The van der Waals surface area contributed by atoms with E-state index in [0.29, 0.717) is 30.7 Å². The number of pyridine rings is 1. The molecule has 0 amide bonds. The van der Waals surface area contributed by atoms with E-state index in [-0.39, 0.29) is 5.92 Å². The van der Waals surface area contributed by atoms with Crippen molar-refractivity contribution < 1.29 is 19.0 Å². The van der Waals surface area contributed by atoms with Crippen LogP contribution in [0.15, 0.2) is 30.5 Å². The number of carboxylic acids is 1. The summed E-state index contributed by atoms with van der Waals surface area (Å²) in [6.07, 6.45) is 6.06. The molecule has 2 aromatic rings. The first kappa shape index (κ1) is 21.0. The predicted molar refractivity (Wildman–Crippen MR) is 114 cm³/mol. The second-order valence-corrected chi connectivity index (χ2v) is 8.85. The van der Waals surface area contributed by atoms with Gasteiger partial charge in [-0.3, -0.25) is 9.78 Å². The molecule has 0 spiro atoms. The third kappa shape index (κ3) is 4.91. The number of carbonyl (C=O) groups is 1. The number of alkyl halides is 1. The fourth-order valence-corrected chi connectivity index (χ4v) is 4.73. The second-order valence-electron chi connectivity index (χ2n) is 8.85. The van der Waals surface area contributed by atoms with Gasteiger partial charge in [0.05, 0.1) is 18.5 Å². The number of methoxy groups -OCH3 is 1. The standard InChI is InChI=1S/C24H31FN2O3/c1-30-18-5-7-23-20(14-18)19(8-11-26-23)22(25)6-4-17-10-13-27(12-9-16-2-3-16)15-21(17)24(28)29/h5,7-8,11,14,16-17,21-22H,2-4,6,9-10,12-13,15H2,1H3,(H,28,29)/t17-,21+,22+/m1/s1. The summed E-state index contributed by atoms with van der Waals surface area (Å²) in [4.78, 5) is 18.5. The normalized spacial score (nSPS) is 23.4. The molecule has 1 saturated carbocycles. The third-order valence-corrected chi connectivity index (χ3v) is 6.82. The molecule has 1 aliphatic heterocycles. The van der Waals surface area contributed by atoms with Crippen LogP contribution in [0, 0.1) is 17.8 Å². The van der Waals surface area contributed by atoms with Crippen molar-refractivity contribution in [2.45, 2.75) is 44.7 Å². The van der Waals surface area contributed by atoms with Crippen molar-refractivity contribution in [3.8, 4) is 5.75 Å². The molecule has 6 heteroatoms. The number of aliphatic carboxylic acids is 1. The summed E-state index contributed by atoms with van der Waals surface area (Å²) < 4.78 is 20.5. The fraction of sp³-hybridized carbons (Fsp3) is 0.583. The van der Waals surface area contributed by atoms with Crippen LogP contribution in [0.2, 0.25) is 0 Å². The van der Waals surface area contributed by atoms with E-state index in [0.717, 1.165) is 36.3 Å². The zero-order valence-corrected chi connectivity index (χ0v) is 17.6. The van der Waals surface area contributed by atoms with Gasteiger partial charge in [0.2, 0.25) is 0 Å². The maximum absolute atomic E-state index is 15.3. The first-order chi connectivity index (χ1) is 14.5. The Labute approximate surface area is 177 Å². The van der Waals surface area contributed by atoms with Crippen molar-refractivity contribution >= 4 is 16.9 Å². The van der Waals surface area contributed by atoms with Gasteiger partial charge < -0.3 is 14.7 Å². The van der Waals surface area contributed by atoms with E-state index in [9.17, 15) is 9.90 Å². The minimum Gasteiger partial charge on any atom is -0.497 e. The van der Waals surface area contributed by atoms with Crippen molar-refractivity contribution in [2.24, 2.45) is 17.8 Å². The molecule has 2 heterocycles. The van der Waals surface area contributed by atoms with Crippen molar-refractivity contribution in [1.82, 2.24) is 9.88 Å². The average Bonchev–Trinajstić information content (AvgIpc) is 3.60. The number of benzene rings is 1. The summed E-state index contributed by atoms with van der Waals surface area (Å²) >= 11 is 0. The molecule has 3 atom stereocenters. The Hall–Kier alpha value is -2.21. The van der Waals surface area contributed by atoms with Gasteiger partial charge in [-0.15, -0.1) is 0 Å². The molecule has 1 aromatic heterocycles. The first-order valence-electron chi connectivity index (χ1n) is 11.1. The molecule has 2 fully saturated rings. The molecule has 2 aliphatic rings. The smallest absolute Gasteiger partial charge is 0.308 e. The molecular weight excluding hydrogens is 383 g/mol. The lowest BCUT2D eigenvalue weighted by atomic mass is 9.81. The summed E-state index contributed by atoms with van der Waals surface area (Å²) in [6, 6.07) is 7.20. The minimum absolute atomic E-state index is 0.0283. The van der Waals surface area contributed by atoms with Crippen molar-refractivity contribution in [3.05, 3.63) is 36.0 Å². The van der Waals surface area contributed by atoms with Crippen LogP contribution < -0.4 is 4.74 Å². The highest BCUT2D eigenvalue weighted by Crippen LogP contribution is 2.36. The predicted octanol–water partition coefficient (Wildman–Crippen LogP) is 4.86. The average molecular weight is 415 g/mol. The zero-order valence-electron chi connectivity index (χ0n) is 17.6. The Kier molecular flexibility index (Phi) is 6.52. The van der Waals surface area contributed by atoms with Gasteiger partial charge in [0.25, 0.3) is 0 Å². The molecule has 1 aromatic carbocycles. The molecule has 0 unspecified atom stereocenters. The lowest BCUT2D eigenvalue weighted by Gasteiger charge is -2.37. The number of likely N-dealkylation sites (tertiary alicyclic amines) is 1. The number of hydrogen-bond acceptors (Lipinski definition) is 4. The lowest BCUT2D eigenvalue weighted by Crippen LogP contribution is -2.44. The summed E-state index contributed by atoms with van der Waals surface area (Å²) in [5, 5.41) is 10.5. The van der Waals surface area contributed by atoms with E-state index >= 15 is 4.39 Å². The lowest BCUT2D eigenvalue weighted by molar-refractivity contribution is -0.146. The van der Waals surface area contributed by atoms with Gasteiger partial charge >= 0.3 is 5.97 Å². The maximum atomic E-state index is 15.3. The molecule has 162 valence electrons. The van der Waals surface area contributed by atoms with Gasteiger partial charge in [-0.1, -0.05) is 12.8 Å². The van der Waals surface area contributed by atoms with E-state index < -0.39 is 18.1 Å². The summed E-state index contributed by atoms with van der Waals surface area (Å²) in [5.41, 5.74) is 1.34. The number of rotatable bonds is 9. The van der Waals surface area contributed by atoms with E-state index in [1.54, 1.807) is 19.4 Å². The number of aromatic nitrogens is 1. The van der Waals surface area contributed by atoms with E-state index in [4.69, 9.17) is 4.74 Å². The number of nitrogens with zero attached hydrogens (tertiary/aromatic N) is 2. The maximum Gasteiger partial charge on any atom is 0.308 e. The highest BCUT2D eigenvalue weighted by molar-refractivity contribution is 5.83. The molecule has 4 rings (SSSR count). The van der Waals surface area contributed by atoms with Crippen LogP contribution in [0.3, 0.4) is 0 Å². The van der Waals surface area contributed by atoms with Crippen LogP contribution in [-0.2, 0) is 4.79 Å². The topological polar surface area (TPSA) is 62.7 Å². The van der Waals surface area contributed by atoms with Gasteiger partial charge in [0.1, 0.15) is 11.9 Å². The van der Waals surface area contributed by atoms with Gasteiger partial charge in [-0.2, -0.15) is 0 Å². The van der Waals surface area contributed by atoms with Crippen LogP contribution in [0.25, 0.3) is 10.9 Å². The van der Waals surface area contributed by atoms with Crippen LogP contribution in [0.1, 0.15) is 50.3 Å². The van der Waals surface area contributed by atoms with E-state index in [2.05, 4.69) is 9.88 Å². The van der Waals surface area contributed by atoms with Crippen LogP contribution in [0.5, 0.6) is 5.75 Å². The Morgan fingerprint density at radius 3 is 2.87 bits per heavy atom. The van der Waals surface area contributed by atoms with Crippen molar-refractivity contribution in [3.63, 3.8) is 0 Å². The molecule has 0 bridgehead atoms. The van der Waals surface area contributed by atoms with Crippen LogP contribution in [-0.4, -0.2) is 47.7 Å². The first-order valence-corrected chi connectivity index (χ1v) is 11.1. The number of carboxylic acid groups (broad SMARTS) is 1. The minimum atomic E-state index is -1.15. The molecule has 1 N–H and O–H groups in total. The van der Waals surface area contributed by atoms with Crippen LogP contribution in [0.4, 0.5) is 4.39 Å². The Bertz CT molecular complexity index is 886. The number of ether oxygens (including phenoxy) is 1. The summed E-state index contributed by atoms with van der Waals surface area (Å²) in [6.45, 7) is 2.52. The van der Waals surface area contributed by atoms with Crippen LogP contribution >= 0.6 is 0 Å². The van der Waals surface area contributed by atoms with Gasteiger partial charge in [0, 0.05) is 18.1 Å². The Morgan fingerprint density at radius 1 is 1.30 bits per heavy atom. The number of halogens is 1. The third-order valence-electron chi connectivity index (χ3n) is 6.82. The number of piperidine rings is 1. The van der Waals surface area contributed by atoms with Gasteiger partial charge in [0.15, 0.2) is 0 Å².